The van der Waals surface area contributed by atoms with Gasteiger partial charge in [-0.2, -0.15) is 5.10 Å². The average molecular weight is 394 g/mol. The van der Waals surface area contributed by atoms with Crippen LogP contribution < -0.4 is 5.32 Å². The monoisotopic (exact) mass is 394 g/mol. The Hall–Kier alpha value is -2.26. The van der Waals surface area contributed by atoms with Crippen LogP contribution in [0.2, 0.25) is 0 Å². The van der Waals surface area contributed by atoms with Crippen molar-refractivity contribution >= 4 is 15.9 Å². The molecule has 1 aliphatic rings. The molecule has 9 heteroatoms. The molecule has 1 aliphatic heterocycles. The van der Waals surface area contributed by atoms with Gasteiger partial charge in [-0.15, -0.1) is 0 Å². The topological polar surface area (TPSA) is 84.3 Å². The third kappa shape index (κ3) is 4.72. The highest BCUT2D eigenvalue weighted by atomic mass is 32.2. The van der Waals surface area contributed by atoms with Crippen LogP contribution in [0.15, 0.2) is 36.5 Å². The number of carbonyl (C=O) groups is 1. The minimum absolute atomic E-state index is 0.0819. The number of sulfonamides is 1. The van der Waals surface area contributed by atoms with E-state index in [-0.39, 0.29) is 29.2 Å². The molecule has 0 aliphatic carbocycles. The summed E-state index contributed by atoms with van der Waals surface area (Å²) in [6, 6.07) is 7.34. The number of carbonyl (C=O) groups excluding carboxylic acids is 1. The minimum atomic E-state index is -3.19. The van der Waals surface area contributed by atoms with Crippen LogP contribution in [0, 0.1) is 5.82 Å². The highest BCUT2D eigenvalue weighted by molar-refractivity contribution is 7.89. The molecule has 0 bridgehead atoms. The van der Waals surface area contributed by atoms with Crippen LogP contribution in [-0.4, -0.2) is 53.3 Å². The van der Waals surface area contributed by atoms with Crippen molar-refractivity contribution in [1.82, 2.24) is 19.4 Å². The van der Waals surface area contributed by atoms with E-state index in [0.29, 0.717) is 38.0 Å². The molecular formula is C18H23FN4O3S. The largest absolute Gasteiger partial charge is 0.348 e. The third-order valence-electron chi connectivity index (χ3n) is 4.56. The van der Waals surface area contributed by atoms with Crippen LogP contribution >= 0.6 is 0 Å². The molecule has 7 nitrogen and oxygen atoms in total. The Morgan fingerprint density at radius 2 is 1.89 bits per heavy atom. The Kier molecular flexibility index (Phi) is 5.91. The van der Waals surface area contributed by atoms with Gasteiger partial charge in [-0.05, 0) is 49.6 Å². The molecule has 0 unspecified atom stereocenters. The second-order valence-corrected chi connectivity index (χ2v) is 8.67. The molecule has 1 aromatic carbocycles. The molecule has 2 aromatic rings. The number of amides is 1. The van der Waals surface area contributed by atoms with Crippen molar-refractivity contribution in [2.45, 2.75) is 32.2 Å². The first-order valence-corrected chi connectivity index (χ1v) is 10.6. The van der Waals surface area contributed by atoms with E-state index < -0.39 is 10.0 Å². The predicted octanol–water partition coefficient (Wildman–Crippen LogP) is 1.95. The maximum atomic E-state index is 13.0. The average Bonchev–Trinajstić information content (AvgIpc) is 3.13. The summed E-state index contributed by atoms with van der Waals surface area (Å²) in [5.41, 5.74) is 0.922. The summed E-state index contributed by atoms with van der Waals surface area (Å²) in [5.74, 6) is -0.480. The molecule has 1 amide bonds. The van der Waals surface area contributed by atoms with E-state index in [1.807, 2.05) is 6.92 Å². The van der Waals surface area contributed by atoms with Gasteiger partial charge >= 0.3 is 0 Å². The van der Waals surface area contributed by atoms with Gasteiger partial charge in [-0.3, -0.25) is 4.79 Å². The summed E-state index contributed by atoms with van der Waals surface area (Å²) in [5, 5.41) is 7.15. The Balaban J connectivity index is 1.57. The lowest BCUT2D eigenvalue weighted by atomic mass is 10.1. The number of hydrogen-bond acceptors (Lipinski definition) is 4. The van der Waals surface area contributed by atoms with Crippen LogP contribution in [-0.2, 0) is 10.0 Å². The van der Waals surface area contributed by atoms with Crippen molar-refractivity contribution in [1.29, 1.82) is 0 Å². The fourth-order valence-corrected chi connectivity index (χ4v) is 4.65. The lowest BCUT2D eigenvalue weighted by molar-refractivity contribution is 0.0918. The summed E-state index contributed by atoms with van der Waals surface area (Å²) < 4.78 is 40.2. The number of hydrogen-bond donors (Lipinski definition) is 1. The van der Waals surface area contributed by atoms with Crippen molar-refractivity contribution in [3.8, 4) is 5.69 Å². The molecule has 1 N–H and O–H groups in total. The Morgan fingerprint density at radius 1 is 1.22 bits per heavy atom. The van der Waals surface area contributed by atoms with Crippen molar-refractivity contribution in [2.24, 2.45) is 0 Å². The number of nitrogens with one attached hydrogen (secondary N) is 1. The first kappa shape index (κ1) is 19.5. The number of rotatable bonds is 6. The predicted molar refractivity (Wildman–Crippen MR) is 99.7 cm³/mol. The van der Waals surface area contributed by atoms with Crippen molar-refractivity contribution < 1.29 is 17.6 Å². The standard InChI is InChI=1S/C18H23FN4O3S/c1-2-13-27(25,26)22-10-7-15(8-11-22)20-18(24)17-9-12-23(21-17)16-5-3-14(19)4-6-16/h3-6,9,12,15H,2,7-8,10-11,13H2,1H3,(H,20,24). The zero-order chi connectivity index (χ0) is 19.4. The van der Waals surface area contributed by atoms with Crippen molar-refractivity contribution in [3.05, 3.63) is 48.0 Å². The third-order valence-corrected chi connectivity index (χ3v) is 6.63. The van der Waals surface area contributed by atoms with E-state index in [1.165, 1.54) is 21.1 Å². The van der Waals surface area contributed by atoms with Gasteiger partial charge in [-0.1, -0.05) is 6.92 Å². The van der Waals surface area contributed by atoms with E-state index in [9.17, 15) is 17.6 Å². The molecule has 0 spiro atoms. The first-order valence-electron chi connectivity index (χ1n) is 8.99. The molecule has 2 heterocycles. The quantitative estimate of drug-likeness (QED) is 0.812. The molecular weight excluding hydrogens is 371 g/mol. The maximum Gasteiger partial charge on any atom is 0.272 e. The van der Waals surface area contributed by atoms with Gasteiger partial charge in [0.05, 0.1) is 11.4 Å². The molecule has 27 heavy (non-hydrogen) atoms. The van der Waals surface area contributed by atoms with E-state index in [1.54, 1.807) is 24.4 Å². The van der Waals surface area contributed by atoms with Gasteiger partial charge in [0.25, 0.3) is 5.91 Å². The van der Waals surface area contributed by atoms with E-state index in [4.69, 9.17) is 0 Å². The summed E-state index contributed by atoms with van der Waals surface area (Å²) in [7, 11) is -3.19. The number of nitrogens with zero attached hydrogens (tertiary/aromatic N) is 3. The van der Waals surface area contributed by atoms with Crippen LogP contribution in [0.4, 0.5) is 4.39 Å². The van der Waals surface area contributed by atoms with Crippen molar-refractivity contribution in [3.63, 3.8) is 0 Å². The van der Waals surface area contributed by atoms with Gasteiger partial charge in [0.1, 0.15) is 5.82 Å². The molecule has 0 radical (unpaired) electrons. The number of benzene rings is 1. The summed E-state index contributed by atoms with van der Waals surface area (Å²) >= 11 is 0. The number of halogens is 1. The highest BCUT2D eigenvalue weighted by Crippen LogP contribution is 2.16. The second-order valence-electron chi connectivity index (χ2n) is 6.58. The van der Waals surface area contributed by atoms with Gasteiger partial charge in [-0.25, -0.2) is 21.8 Å². The van der Waals surface area contributed by atoms with Crippen LogP contribution in [0.3, 0.4) is 0 Å². The molecule has 1 fully saturated rings. The Morgan fingerprint density at radius 3 is 2.52 bits per heavy atom. The van der Waals surface area contributed by atoms with Crippen LogP contribution in [0.25, 0.3) is 5.69 Å². The SMILES string of the molecule is CCCS(=O)(=O)N1CCC(NC(=O)c2ccn(-c3ccc(F)cc3)n2)CC1. The molecule has 3 rings (SSSR count). The second kappa shape index (κ2) is 8.18. The zero-order valence-electron chi connectivity index (χ0n) is 15.1. The van der Waals surface area contributed by atoms with E-state index in [0.717, 1.165) is 0 Å². The molecule has 1 saturated heterocycles. The van der Waals surface area contributed by atoms with Gasteiger partial charge in [0.2, 0.25) is 10.0 Å². The number of piperidine rings is 1. The summed E-state index contributed by atoms with van der Waals surface area (Å²) in [6.07, 6.45) is 3.39. The fraction of sp³-hybridized carbons (Fsp3) is 0.444. The molecule has 0 atom stereocenters. The Bertz CT molecular complexity index is 888. The van der Waals surface area contributed by atoms with Crippen LogP contribution in [0.1, 0.15) is 36.7 Å². The maximum absolute atomic E-state index is 13.0. The van der Waals surface area contributed by atoms with Gasteiger partial charge in [0.15, 0.2) is 5.69 Å². The van der Waals surface area contributed by atoms with E-state index >= 15 is 0 Å². The lowest BCUT2D eigenvalue weighted by Gasteiger charge is -2.31. The minimum Gasteiger partial charge on any atom is -0.348 e. The molecule has 0 saturated carbocycles. The first-order chi connectivity index (χ1) is 12.9. The zero-order valence-corrected chi connectivity index (χ0v) is 16.0. The highest BCUT2D eigenvalue weighted by Gasteiger charge is 2.28. The van der Waals surface area contributed by atoms with Gasteiger partial charge in [0, 0.05) is 25.3 Å². The smallest absolute Gasteiger partial charge is 0.272 e. The lowest BCUT2D eigenvalue weighted by Crippen LogP contribution is -2.47. The Labute approximate surface area is 158 Å². The summed E-state index contributed by atoms with van der Waals surface area (Å²) in [4.78, 5) is 12.4. The van der Waals surface area contributed by atoms with Gasteiger partial charge < -0.3 is 5.32 Å². The van der Waals surface area contributed by atoms with Crippen LogP contribution in [0.5, 0.6) is 0 Å². The number of aromatic nitrogens is 2. The normalized spacial score (nSPS) is 16.4. The summed E-state index contributed by atoms with van der Waals surface area (Å²) in [6.45, 7) is 2.67. The van der Waals surface area contributed by atoms with E-state index in [2.05, 4.69) is 10.4 Å². The fourth-order valence-electron chi connectivity index (χ4n) is 3.11. The molecule has 1 aromatic heterocycles. The molecule has 146 valence electrons. The van der Waals surface area contributed by atoms with Crippen molar-refractivity contribution in [2.75, 3.05) is 18.8 Å².